The van der Waals surface area contributed by atoms with Gasteiger partial charge in [0.25, 0.3) is 0 Å². The summed E-state index contributed by atoms with van der Waals surface area (Å²) in [6, 6.07) is 8.45. The van der Waals surface area contributed by atoms with Crippen LogP contribution in [-0.4, -0.2) is 75.7 Å². The zero-order chi connectivity index (χ0) is 39.4. The highest BCUT2D eigenvalue weighted by Gasteiger charge is 2.50. The zero-order valence-electron chi connectivity index (χ0n) is 34.7. The van der Waals surface area contributed by atoms with Crippen LogP contribution >= 0.6 is 0 Å². The van der Waals surface area contributed by atoms with E-state index in [0.29, 0.717) is 5.82 Å². The Morgan fingerprint density at radius 1 is 0.389 bits per heavy atom. The average Bonchev–Trinajstić information content (AvgIpc) is 3.44. The molecular weight excluding hydrogens is 671 g/mol. The van der Waals surface area contributed by atoms with Gasteiger partial charge in [-0.1, -0.05) is 0 Å². The summed E-state index contributed by atoms with van der Waals surface area (Å²) in [7, 11) is 0. The van der Waals surface area contributed by atoms with Gasteiger partial charge in [0, 0.05) is 35.3 Å². The lowest BCUT2D eigenvalue weighted by molar-refractivity contribution is 0.338. The number of hydrogen-bond acceptors (Lipinski definition) is 11. The highest BCUT2D eigenvalue weighted by Crippen LogP contribution is 2.44. The molecule has 3 aliphatic rings. The van der Waals surface area contributed by atoms with Gasteiger partial charge in [0.05, 0.1) is 80.3 Å². The number of anilines is 3. The molecule has 0 bridgehead atoms. The van der Waals surface area contributed by atoms with Crippen LogP contribution in [0.25, 0.3) is 33.9 Å². The maximum absolute atomic E-state index is 5.22. The van der Waals surface area contributed by atoms with Gasteiger partial charge in [0.1, 0.15) is 17.5 Å². The minimum absolute atomic E-state index is 0.268. The molecule has 0 N–H and O–H groups in total. The first-order valence-corrected chi connectivity index (χ1v) is 18.8. The van der Waals surface area contributed by atoms with E-state index in [9.17, 15) is 0 Å². The summed E-state index contributed by atoms with van der Waals surface area (Å²) in [5, 5.41) is 0. The van der Waals surface area contributed by atoms with Gasteiger partial charge < -0.3 is 14.7 Å². The molecule has 0 atom stereocenters. The van der Waals surface area contributed by atoms with E-state index in [-0.39, 0.29) is 33.2 Å². The van der Waals surface area contributed by atoms with Crippen molar-refractivity contribution >= 4 is 34.6 Å². The maximum atomic E-state index is 5.22. The Balaban J connectivity index is 1.38. The van der Waals surface area contributed by atoms with Crippen LogP contribution in [0.1, 0.15) is 104 Å². The van der Waals surface area contributed by atoms with Crippen LogP contribution in [0.4, 0.5) is 17.1 Å². The lowest BCUT2D eigenvalue weighted by Crippen LogP contribution is -2.53. The molecule has 0 unspecified atom stereocenters. The molecule has 282 valence electrons. The molecule has 0 fully saturated rings. The molecule has 11 nitrogen and oxygen atoms in total. The summed E-state index contributed by atoms with van der Waals surface area (Å²) in [5.74, 6) is 3.41. The Labute approximate surface area is 320 Å². The van der Waals surface area contributed by atoms with Crippen LogP contribution in [0.15, 0.2) is 76.4 Å². The van der Waals surface area contributed by atoms with Gasteiger partial charge in [0.2, 0.25) is 0 Å². The van der Waals surface area contributed by atoms with E-state index in [1.165, 1.54) is 0 Å². The van der Waals surface area contributed by atoms with E-state index in [1.807, 2.05) is 43.2 Å². The van der Waals surface area contributed by atoms with Crippen molar-refractivity contribution < 1.29 is 0 Å². The number of aliphatic imine (C=N–C) groups is 3. The highest BCUT2D eigenvalue weighted by molar-refractivity contribution is 6.02. The fourth-order valence-electron chi connectivity index (χ4n) is 8.26. The summed E-state index contributed by atoms with van der Waals surface area (Å²) in [6.45, 7) is 32.6. The van der Waals surface area contributed by atoms with Crippen LogP contribution in [0.5, 0.6) is 0 Å². The Morgan fingerprint density at radius 2 is 0.685 bits per heavy atom. The molecule has 11 heteroatoms. The van der Waals surface area contributed by atoms with E-state index >= 15 is 0 Å². The van der Waals surface area contributed by atoms with Crippen molar-refractivity contribution in [1.29, 1.82) is 0 Å². The predicted octanol–water partition coefficient (Wildman–Crippen LogP) is 9.05. The molecule has 0 radical (unpaired) electrons. The first kappa shape index (κ1) is 37.3. The van der Waals surface area contributed by atoms with Gasteiger partial charge in [-0.05, 0) is 128 Å². The van der Waals surface area contributed by atoms with E-state index in [0.717, 1.165) is 62.6 Å². The molecule has 0 amide bonds. The number of aromatic nitrogens is 5. The van der Waals surface area contributed by atoms with Crippen LogP contribution in [0, 0.1) is 0 Å². The molecule has 4 aromatic heterocycles. The molecule has 0 saturated heterocycles. The Hall–Kier alpha value is -5.06. The molecule has 3 aliphatic heterocycles. The number of pyridine rings is 3. The second kappa shape index (κ2) is 12.0. The minimum Gasteiger partial charge on any atom is -0.321 e. The van der Waals surface area contributed by atoms with Crippen LogP contribution < -0.4 is 14.7 Å². The van der Waals surface area contributed by atoms with Crippen LogP contribution in [0.2, 0.25) is 0 Å². The van der Waals surface area contributed by atoms with Crippen LogP contribution in [-0.2, 0) is 0 Å². The first-order chi connectivity index (χ1) is 25.0. The van der Waals surface area contributed by atoms with E-state index in [1.54, 1.807) is 0 Å². The molecule has 4 aromatic rings. The van der Waals surface area contributed by atoms with Crippen LogP contribution in [0.3, 0.4) is 0 Å². The van der Waals surface area contributed by atoms with E-state index in [4.69, 9.17) is 39.9 Å². The standard InChI is InChI=1S/C43H55N11/c1-26-49-38(4,5)41(10,11)52(26)32-16-29(20-44-23-32)35-19-36(30-17-33(24-45-21-30)53-27(2)50-39(6,7)42(53,12)13)48-37(47-35)31-18-34(25-46-22-31)54-28(3)51-40(8,9)43(54,14)15/h16-25H,1-15H3. The molecular formula is C43H55N11. The fraction of sp³-hybridized carbons (Fsp3) is 0.488. The number of amidine groups is 3. The first-order valence-electron chi connectivity index (χ1n) is 18.8. The molecule has 7 rings (SSSR count). The minimum atomic E-state index is -0.281. The Morgan fingerprint density at radius 3 is 0.981 bits per heavy atom. The van der Waals surface area contributed by atoms with Gasteiger partial charge in [-0.3, -0.25) is 29.9 Å². The van der Waals surface area contributed by atoms with Gasteiger partial charge in [-0.15, -0.1) is 0 Å². The second-order valence-electron chi connectivity index (χ2n) is 18.1. The number of nitrogens with zero attached hydrogens (tertiary/aromatic N) is 11. The van der Waals surface area contributed by atoms with Gasteiger partial charge in [0.15, 0.2) is 5.82 Å². The Kier molecular flexibility index (Phi) is 8.26. The molecule has 0 spiro atoms. The third-order valence-corrected chi connectivity index (χ3v) is 13.0. The largest absolute Gasteiger partial charge is 0.321 e. The zero-order valence-corrected chi connectivity index (χ0v) is 34.7. The summed E-state index contributed by atoms with van der Waals surface area (Å²) in [6.07, 6.45) is 11.3. The number of hydrogen-bond donors (Lipinski definition) is 0. The third-order valence-electron chi connectivity index (χ3n) is 13.0. The summed E-state index contributed by atoms with van der Waals surface area (Å²) in [4.78, 5) is 46.5. The average molecular weight is 726 g/mol. The van der Waals surface area contributed by atoms with Crippen molar-refractivity contribution in [1.82, 2.24) is 24.9 Å². The molecule has 7 heterocycles. The van der Waals surface area contributed by atoms with Crippen molar-refractivity contribution in [3.05, 3.63) is 61.4 Å². The highest BCUT2D eigenvalue weighted by atomic mass is 15.4. The van der Waals surface area contributed by atoms with Gasteiger partial charge >= 0.3 is 0 Å². The van der Waals surface area contributed by atoms with E-state index < -0.39 is 0 Å². The maximum Gasteiger partial charge on any atom is 0.162 e. The summed E-state index contributed by atoms with van der Waals surface area (Å²) in [5.41, 5.74) is 5.24. The molecule has 0 aliphatic carbocycles. The van der Waals surface area contributed by atoms with Crippen molar-refractivity contribution in [2.24, 2.45) is 15.0 Å². The monoisotopic (exact) mass is 725 g/mol. The predicted molar refractivity (Wildman–Crippen MR) is 223 cm³/mol. The number of rotatable bonds is 6. The lowest BCUT2D eigenvalue weighted by atomic mass is 9.83. The van der Waals surface area contributed by atoms with Crippen molar-refractivity contribution in [3.8, 4) is 33.9 Å². The molecule has 54 heavy (non-hydrogen) atoms. The third kappa shape index (κ3) is 5.61. The molecule has 0 aromatic carbocycles. The van der Waals surface area contributed by atoms with Crippen molar-refractivity contribution in [2.45, 2.75) is 137 Å². The fourth-order valence-corrected chi connectivity index (χ4v) is 8.26. The van der Waals surface area contributed by atoms with Crippen molar-refractivity contribution in [2.75, 3.05) is 14.7 Å². The second-order valence-corrected chi connectivity index (χ2v) is 18.1. The van der Waals surface area contributed by atoms with E-state index in [2.05, 4.69) is 137 Å². The Bertz CT molecular complexity index is 1990. The topological polar surface area (TPSA) is 111 Å². The van der Waals surface area contributed by atoms with Gasteiger partial charge in [-0.2, -0.15) is 0 Å². The summed E-state index contributed by atoms with van der Waals surface area (Å²) >= 11 is 0. The SMILES string of the molecule is CC1=NC(C)(C)C(C)(C)N1c1cncc(-c2cc(-c3cncc(N4C(C)=NC(C)(C)C4(C)C)c3)nc(-c3cncc(N4C(C)=NC(C)(C)C4(C)C)c3)n2)c1. The van der Waals surface area contributed by atoms with Gasteiger partial charge in [-0.25, -0.2) is 9.97 Å². The van der Waals surface area contributed by atoms with Crippen molar-refractivity contribution in [3.63, 3.8) is 0 Å². The molecule has 0 saturated carbocycles. The normalized spacial score (nSPS) is 21.6. The quantitative estimate of drug-likeness (QED) is 0.194. The summed E-state index contributed by atoms with van der Waals surface area (Å²) < 4.78 is 0. The smallest absolute Gasteiger partial charge is 0.162 e. The lowest BCUT2D eigenvalue weighted by Gasteiger charge is -2.41.